The highest BCUT2D eigenvalue weighted by atomic mass is 79.9. The summed E-state index contributed by atoms with van der Waals surface area (Å²) in [6, 6.07) is 0. The fourth-order valence-corrected chi connectivity index (χ4v) is 3.61. The van der Waals surface area contributed by atoms with Crippen molar-refractivity contribution in [1.29, 1.82) is 0 Å². The van der Waals surface area contributed by atoms with E-state index in [1.165, 1.54) is 0 Å². The second-order valence-corrected chi connectivity index (χ2v) is 7.33. The Kier molecular flexibility index (Phi) is 5.03. The van der Waals surface area contributed by atoms with E-state index in [9.17, 15) is 18.0 Å². The van der Waals surface area contributed by atoms with Crippen LogP contribution in [0.25, 0.3) is 0 Å². The van der Waals surface area contributed by atoms with E-state index >= 15 is 0 Å². The number of hydrogen-bond donors (Lipinski definition) is 0. The second-order valence-electron chi connectivity index (χ2n) is 6.16. The lowest BCUT2D eigenvalue weighted by Gasteiger charge is -2.38. The van der Waals surface area contributed by atoms with Gasteiger partial charge in [0.15, 0.2) is 0 Å². The molecule has 0 radical (unpaired) electrons. The molecule has 1 saturated heterocycles. The van der Waals surface area contributed by atoms with Crippen molar-refractivity contribution in [3.8, 4) is 0 Å². The molecule has 0 aromatic rings. The maximum Gasteiger partial charge on any atom is 0.391 e. The number of amides is 1. The van der Waals surface area contributed by atoms with Gasteiger partial charge < -0.3 is 4.90 Å². The molecule has 2 fully saturated rings. The highest BCUT2D eigenvalue weighted by molar-refractivity contribution is 9.09. The maximum atomic E-state index is 12.6. The number of likely N-dealkylation sites (tertiary alicyclic amines) is 1. The first kappa shape index (κ1) is 16.1. The third kappa shape index (κ3) is 3.68. The summed E-state index contributed by atoms with van der Waals surface area (Å²) in [5, 5.41) is 0. The van der Waals surface area contributed by atoms with Crippen LogP contribution >= 0.6 is 15.9 Å². The van der Waals surface area contributed by atoms with E-state index in [1.54, 1.807) is 0 Å². The Bertz CT molecular complexity index is 353. The number of halogens is 4. The van der Waals surface area contributed by atoms with Gasteiger partial charge in [-0.05, 0) is 38.0 Å². The molecule has 1 aliphatic carbocycles. The molecule has 2 rings (SSSR count). The maximum absolute atomic E-state index is 12.6. The minimum absolute atomic E-state index is 0.0666. The van der Waals surface area contributed by atoms with Crippen LogP contribution in [0.1, 0.15) is 39.0 Å². The number of nitrogens with zero attached hydrogens (tertiary/aromatic N) is 1. The Morgan fingerprint density at radius 1 is 1.15 bits per heavy atom. The predicted octanol–water partition coefficient (Wildman–Crippen LogP) is 3.99. The van der Waals surface area contributed by atoms with Crippen molar-refractivity contribution in [2.24, 2.45) is 17.8 Å². The number of alkyl halides is 4. The topological polar surface area (TPSA) is 20.3 Å². The van der Waals surface area contributed by atoms with Gasteiger partial charge in [0.1, 0.15) is 0 Å². The standard InChI is InChI=1S/C14H21BrF3NO/c1-9-8-19(7-6-12(9)15)13(20)10-2-4-11(5-3-10)14(16,17)18/h9-12H,2-8H2,1H3. The number of piperidine rings is 1. The van der Waals surface area contributed by atoms with Crippen molar-refractivity contribution < 1.29 is 18.0 Å². The van der Waals surface area contributed by atoms with Crippen LogP contribution in [0, 0.1) is 17.8 Å². The van der Waals surface area contributed by atoms with Crippen LogP contribution in [0.5, 0.6) is 0 Å². The lowest BCUT2D eigenvalue weighted by molar-refractivity contribution is -0.185. The molecular formula is C14H21BrF3NO. The number of carbonyl (C=O) groups is 1. The van der Waals surface area contributed by atoms with E-state index in [0.29, 0.717) is 30.1 Å². The highest BCUT2D eigenvalue weighted by Crippen LogP contribution is 2.40. The summed E-state index contributed by atoms with van der Waals surface area (Å²) in [7, 11) is 0. The molecule has 1 aliphatic heterocycles. The number of hydrogen-bond acceptors (Lipinski definition) is 1. The molecule has 0 bridgehead atoms. The van der Waals surface area contributed by atoms with E-state index in [-0.39, 0.29) is 24.7 Å². The van der Waals surface area contributed by atoms with E-state index in [0.717, 1.165) is 13.0 Å². The van der Waals surface area contributed by atoms with Gasteiger partial charge in [0, 0.05) is 23.8 Å². The van der Waals surface area contributed by atoms with Gasteiger partial charge in [-0.15, -0.1) is 0 Å². The molecule has 1 saturated carbocycles. The van der Waals surface area contributed by atoms with Crippen molar-refractivity contribution in [2.45, 2.75) is 50.0 Å². The molecule has 20 heavy (non-hydrogen) atoms. The average Bonchev–Trinajstić information content (AvgIpc) is 2.40. The zero-order chi connectivity index (χ0) is 14.9. The van der Waals surface area contributed by atoms with Crippen molar-refractivity contribution in [2.75, 3.05) is 13.1 Å². The summed E-state index contributed by atoms with van der Waals surface area (Å²) in [5.74, 6) is -0.942. The molecule has 6 heteroatoms. The lowest BCUT2D eigenvalue weighted by Crippen LogP contribution is -2.46. The van der Waals surface area contributed by atoms with Crippen molar-refractivity contribution in [3.63, 3.8) is 0 Å². The summed E-state index contributed by atoms with van der Waals surface area (Å²) >= 11 is 3.59. The fourth-order valence-electron chi connectivity index (χ4n) is 3.24. The quantitative estimate of drug-likeness (QED) is 0.651. The SMILES string of the molecule is CC1CN(C(=O)C2CCC(C(F)(F)F)CC2)CCC1Br. The first-order valence-electron chi connectivity index (χ1n) is 7.28. The van der Waals surface area contributed by atoms with Crippen LogP contribution in [0.3, 0.4) is 0 Å². The average molecular weight is 356 g/mol. The summed E-state index contributed by atoms with van der Waals surface area (Å²) in [5.41, 5.74) is 0. The Morgan fingerprint density at radius 2 is 1.75 bits per heavy atom. The van der Waals surface area contributed by atoms with Gasteiger partial charge in [0.25, 0.3) is 0 Å². The third-order valence-corrected chi connectivity index (χ3v) is 6.01. The van der Waals surface area contributed by atoms with E-state index < -0.39 is 12.1 Å². The molecule has 0 spiro atoms. The van der Waals surface area contributed by atoms with Crippen LogP contribution in [0.4, 0.5) is 13.2 Å². The van der Waals surface area contributed by atoms with E-state index in [2.05, 4.69) is 22.9 Å². The van der Waals surface area contributed by atoms with Crippen molar-refractivity contribution in [3.05, 3.63) is 0 Å². The molecular weight excluding hydrogens is 335 g/mol. The number of rotatable bonds is 1. The normalized spacial score (nSPS) is 36.0. The highest BCUT2D eigenvalue weighted by Gasteiger charge is 2.43. The zero-order valence-electron chi connectivity index (χ0n) is 11.6. The van der Waals surface area contributed by atoms with Crippen LogP contribution in [-0.2, 0) is 4.79 Å². The summed E-state index contributed by atoms with van der Waals surface area (Å²) in [6.45, 7) is 3.53. The van der Waals surface area contributed by atoms with Gasteiger partial charge in [-0.2, -0.15) is 13.2 Å². The lowest BCUT2D eigenvalue weighted by atomic mass is 9.80. The Balaban J connectivity index is 1.86. The fraction of sp³-hybridized carbons (Fsp3) is 0.929. The van der Waals surface area contributed by atoms with Gasteiger partial charge in [-0.3, -0.25) is 4.79 Å². The molecule has 2 unspecified atom stereocenters. The molecule has 2 nitrogen and oxygen atoms in total. The van der Waals surface area contributed by atoms with Gasteiger partial charge in [-0.25, -0.2) is 0 Å². The third-order valence-electron chi connectivity index (χ3n) is 4.65. The van der Waals surface area contributed by atoms with Gasteiger partial charge >= 0.3 is 6.18 Å². The molecule has 1 amide bonds. The molecule has 2 aliphatic rings. The minimum Gasteiger partial charge on any atom is -0.342 e. The van der Waals surface area contributed by atoms with E-state index in [1.807, 2.05) is 4.90 Å². The number of carbonyl (C=O) groups excluding carboxylic acids is 1. The van der Waals surface area contributed by atoms with E-state index in [4.69, 9.17) is 0 Å². The molecule has 0 N–H and O–H groups in total. The Morgan fingerprint density at radius 3 is 2.25 bits per heavy atom. The summed E-state index contributed by atoms with van der Waals surface area (Å²) in [6.07, 6.45) is -2.21. The van der Waals surface area contributed by atoms with Gasteiger partial charge in [0.2, 0.25) is 5.91 Å². The predicted molar refractivity (Wildman–Crippen MR) is 74.6 cm³/mol. The summed E-state index contributed by atoms with van der Waals surface area (Å²) < 4.78 is 37.9. The first-order chi connectivity index (χ1) is 9.29. The molecule has 2 atom stereocenters. The van der Waals surface area contributed by atoms with Crippen LogP contribution in [-0.4, -0.2) is 34.9 Å². The monoisotopic (exact) mass is 355 g/mol. The molecule has 1 heterocycles. The van der Waals surface area contributed by atoms with Crippen LogP contribution in [0.2, 0.25) is 0 Å². The minimum atomic E-state index is -4.10. The summed E-state index contributed by atoms with van der Waals surface area (Å²) in [4.78, 5) is 14.7. The Labute approximate surface area is 126 Å². The smallest absolute Gasteiger partial charge is 0.342 e. The molecule has 116 valence electrons. The zero-order valence-corrected chi connectivity index (χ0v) is 13.2. The van der Waals surface area contributed by atoms with Crippen molar-refractivity contribution >= 4 is 21.8 Å². The first-order valence-corrected chi connectivity index (χ1v) is 8.20. The van der Waals surface area contributed by atoms with Crippen LogP contribution < -0.4 is 0 Å². The van der Waals surface area contributed by atoms with Gasteiger partial charge in [-0.1, -0.05) is 22.9 Å². The molecule has 0 aromatic heterocycles. The van der Waals surface area contributed by atoms with Crippen LogP contribution in [0.15, 0.2) is 0 Å². The molecule has 0 aromatic carbocycles. The largest absolute Gasteiger partial charge is 0.391 e. The Hall–Kier alpha value is -0.260. The second kappa shape index (κ2) is 6.24. The van der Waals surface area contributed by atoms with Crippen molar-refractivity contribution in [1.82, 2.24) is 4.90 Å². The van der Waals surface area contributed by atoms with Gasteiger partial charge in [0.05, 0.1) is 5.92 Å².